The summed E-state index contributed by atoms with van der Waals surface area (Å²) in [4.78, 5) is 8.26. The molecule has 0 fully saturated rings. The molecule has 1 aromatic rings. The van der Waals surface area contributed by atoms with Crippen LogP contribution in [0.3, 0.4) is 0 Å². The smallest absolute Gasteiger partial charge is 0.115 e. The van der Waals surface area contributed by atoms with Crippen molar-refractivity contribution in [3.05, 3.63) is 23.8 Å². The molecule has 0 saturated heterocycles. The lowest BCUT2D eigenvalue weighted by Crippen LogP contribution is -2.23. The van der Waals surface area contributed by atoms with Gasteiger partial charge in [-0.3, -0.25) is 0 Å². The molecule has 1 unspecified atom stereocenters. The molecule has 0 bridgehead atoms. The first kappa shape index (κ1) is 7.68. The molecule has 1 atom stereocenters. The van der Waals surface area contributed by atoms with E-state index in [2.05, 4.69) is 9.97 Å². The Kier molecular flexibility index (Phi) is 2.04. The molecule has 3 nitrogen and oxygen atoms in total. The molecule has 1 heterocycles. The molecule has 1 aliphatic carbocycles. The van der Waals surface area contributed by atoms with Gasteiger partial charge in [0.25, 0.3) is 0 Å². The molecule has 0 radical (unpaired) electrons. The number of aromatic nitrogens is 2. The number of fused-ring (bicyclic) bond motifs is 1. The highest BCUT2D eigenvalue weighted by Crippen LogP contribution is 2.21. The predicted octanol–water partition coefficient (Wildman–Crippen LogP) is 0.540. The molecule has 3 heteroatoms. The second-order valence-corrected chi connectivity index (χ2v) is 3.34. The molecule has 64 valence electrons. The number of hydrogen-bond donors (Lipinski definition) is 1. The summed E-state index contributed by atoms with van der Waals surface area (Å²) >= 11 is 0. The van der Waals surface area contributed by atoms with Crippen molar-refractivity contribution in [2.24, 2.45) is 11.7 Å². The third-order valence-electron chi connectivity index (χ3n) is 2.52. The zero-order valence-electron chi connectivity index (χ0n) is 7.03. The van der Waals surface area contributed by atoms with Crippen LogP contribution in [0.25, 0.3) is 0 Å². The fraction of sp³-hybridized carbons (Fsp3) is 0.556. The van der Waals surface area contributed by atoms with Crippen molar-refractivity contribution in [1.29, 1.82) is 0 Å². The van der Waals surface area contributed by atoms with Crippen molar-refractivity contribution in [2.75, 3.05) is 6.54 Å². The van der Waals surface area contributed by atoms with Crippen LogP contribution in [0.15, 0.2) is 12.5 Å². The first-order valence-corrected chi connectivity index (χ1v) is 4.38. The van der Waals surface area contributed by atoms with E-state index in [1.807, 2.05) is 6.20 Å². The number of nitrogens with two attached hydrogens (primary N) is 1. The maximum absolute atomic E-state index is 5.62. The lowest BCUT2D eigenvalue weighted by atomic mass is 9.88. The zero-order chi connectivity index (χ0) is 8.39. The fourth-order valence-electron chi connectivity index (χ4n) is 1.71. The number of aryl methyl sites for hydroxylation is 1. The Morgan fingerprint density at radius 2 is 2.50 bits per heavy atom. The average Bonchev–Trinajstić information content (AvgIpc) is 2.17. The summed E-state index contributed by atoms with van der Waals surface area (Å²) in [5.41, 5.74) is 8.13. The lowest BCUT2D eigenvalue weighted by molar-refractivity contribution is 0.460. The summed E-state index contributed by atoms with van der Waals surface area (Å²) in [7, 11) is 0. The van der Waals surface area contributed by atoms with Crippen molar-refractivity contribution in [3.8, 4) is 0 Å². The zero-order valence-corrected chi connectivity index (χ0v) is 7.03. The van der Waals surface area contributed by atoms with E-state index in [0.29, 0.717) is 5.92 Å². The summed E-state index contributed by atoms with van der Waals surface area (Å²) in [6.07, 6.45) is 6.87. The Hall–Kier alpha value is -0.960. The highest BCUT2D eigenvalue weighted by molar-refractivity contribution is 5.19. The van der Waals surface area contributed by atoms with Crippen LogP contribution >= 0.6 is 0 Å². The number of rotatable bonds is 1. The van der Waals surface area contributed by atoms with Crippen LogP contribution in [0, 0.1) is 5.92 Å². The normalized spacial score (nSPS) is 21.9. The molecule has 0 spiro atoms. The van der Waals surface area contributed by atoms with Crippen molar-refractivity contribution in [1.82, 2.24) is 9.97 Å². The highest BCUT2D eigenvalue weighted by atomic mass is 14.8. The molecular formula is C9H13N3. The van der Waals surface area contributed by atoms with Gasteiger partial charge >= 0.3 is 0 Å². The fourth-order valence-corrected chi connectivity index (χ4v) is 1.71. The SMILES string of the molecule is NCC1CCc2cncnc2C1. The number of hydrogen-bond acceptors (Lipinski definition) is 3. The van der Waals surface area contributed by atoms with E-state index in [0.717, 1.165) is 19.4 Å². The van der Waals surface area contributed by atoms with E-state index in [-0.39, 0.29) is 0 Å². The first-order valence-electron chi connectivity index (χ1n) is 4.38. The van der Waals surface area contributed by atoms with Crippen molar-refractivity contribution < 1.29 is 0 Å². The predicted molar refractivity (Wildman–Crippen MR) is 46.6 cm³/mol. The minimum Gasteiger partial charge on any atom is -0.330 e. The Balaban J connectivity index is 2.23. The first-order chi connectivity index (χ1) is 5.90. The van der Waals surface area contributed by atoms with E-state index in [1.165, 1.54) is 17.7 Å². The lowest BCUT2D eigenvalue weighted by Gasteiger charge is -2.21. The van der Waals surface area contributed by atoms with Gasteiger partial charge in [0.2, 0.25) is 0 Å². The second-order valence-electron chi connectivity index (χ2n) is 3.34. The van der Waals surface area contributed by atoms with Crippen molar-refractivity contribution in [3.63, 3.8) is 0 Å². The van der Waals surface area contributed by atoms with E-state index in [1.54, 1.807) is 6.33 Å². The van der Waals surface area contributed by atoms with Crippen LogP contribution in [0.5, 0.6) is 0 Å². The van der Waals surface area contributed by atoms with Gasteiger partial charge in [-0.25, -0.2) is 9.97 Å². The Morgan fingerprint density at radius 1 is 1.58 bits per heavy atom. The summed E-state index contributed by atoms with van der Waals surface area (Å²) in [5, 5.41) is 0. The van der Waals surface area contributed by atoms with Crippen LogP contribution in [0.2, 0.25) is 0 Å². The highest BCUT2D eigenvalue weighted by Gasteiger charge is 2.17. The average molecular weight is 163 g/mol. The van der Waals surface area contributed by atoms with Crippen LogP contribution in [0.1, 0.15) is 17.7 Å². The van der Waals surface area contributed by atoms with Crippen LogP contribution < -0.4 is 5.73 Å². The van der Waals surface area contributed by atoms with Gasteiger partial charge in [0.05, 0.1) is 0 Å². The Morgan fingerprint density at radius 3 is 3.33 bits per heavy atom. The van der Waals surface area contributed by atoms with Crippen LogP contribution in [0.4, 0.5) is 0 Å². The second kappa shape index (κ2) is 3.19. The molecule has 1 aromatic heterocycles. The Bertz CT molecular complexity index is 272. The minimum absolute atomic E-state index is 0.632. The van der Waals surface area contributed by atoms with Crippen LogP contribution in [-0.4, -0.2) is 16.5 Å². The van der Waals surface area contributed by atoms with Gasteiger partial charge in [0.1, 0.15) is 6.33 Å². The standard InChI is InChI=1S/C9H13N3/c10-4-7-1-2-8-5-11-6-12-9(8)3-7/h5-7H,1-4,10H2. The van der Waals surface area contributed by atoms with Gasteiger partial charge < -0.3 is 5.73 Å². The van der Waals surface area contributed by atoms with Gasteiger partial charge in [-0.1, -0.05) is 0 Å². The molecule has 12 heavy (non-hydrogen) atoms. The summed E-state index contributed by atoms with van der Waals surface area (Å²) in [5.74, 6) is 0.632. The van der Waals surface area contributed by atoms with Gasteiger partial charge in [-0.15, -0.1) is 0 Å². The maximum Gasteiger partial charge on any atom is 0.115 e. The molecule has 0 amide bonds. The van der Waals surface area contributed by atoms with E-state index < -0.39 is 0 Å². The van der Waals surface area contributed by atoms with Crippen LogP contribution in [-0.2, 0) is 12.8 Å². The largest absolute Gasteiger partial charge is 0.330 e. The molecular weight excluding hydrogens is 150 g/mol. The molecule has 0 saturated carbocycles. The molecule has 2 rings (SSSR count). The summed E-state index contributed by atoms with van der Waals surface area (Å²) < 4.78 is 0. The third kappa shape index (κ3) is 1.32. The van der Waals surface area contributed by atoms with Crippen molar-refractivity contribution >= 4 is 0 Å². The van der Waals surface area contributed by atoms with Gasteiger partial charge in [-0.2, -0.15) is 0 Å². The monoisotopic (exact) mass is 163 g/mol. The quantitative estimate of drug-likeness (QED) is 0.657. The molecule has 0 aliphatic heterocycles. The molecule has 2 N–H and O–H groups in total. The number of nitrogens with zero attached hydrogens (tertiary/aromatic N) is 2. The molecule has 1 aliphatic rings. The topological polar surface area (TPSA) is 51.8 Å². The molecule has 0 aromatic carbocycles. The summed E-state index contributed by atoms with van der Waals surface area (Å²) in [6.45, 7) is 0.781. The minimum atomic E-state index is 0.632. The van der Waals surface area contributed by atoms with Gasteiger partial charge in [-0.05, 0) is 37.3 Å². The van der Waals surface area contributed by atoms with Crippen molar-refractivity contribution in [2.45, 2.75) is 19.3 Å². The van der Waals surface area contributed by atoms with E-state index >= 15 is 0 Å². The van der Waals surface area contributed by atoms with E-state index in [4.69, 9.17) is 5.73 Å². The third-order valence-corrected chi connectivity index (χ3v) is 2.52. The van der Waals surface area contributed by atoms with Gasteiger partial charge in [0, 0.05) is 11.9 Å². The maximum atomic E-state index is 5.62. The summed E-state index contributed by atoms with van der Waals surface area (Å²) in [6, 6.07) is 0. The van der Waals surface area contributed by atoms with E-state index in [9.17, 15) is 0 Å². The van der Waals surface area contributed by atoms with Gasteiger partial charge in [0.15, 0.2) is 0 Å². The Labute approximate surface area is 72.0 Å².